The van der Waals surface area contributed by atoms with Crippen LogP contribution in [0.4, 0.5) is 17.1 Å². The third-order valence-corrected chi connectivity index (χ3v) is 2.75. The van der Waals surface area contributed by atoms with Crippen LogP contribution < -0.4 is 21.1 Å². The van der Waals surface area contributed by atoms with Crippen LogP contribution in [0.2, 0.25) is 0 Å². The summed E-state index contributed by atoms with van der Waals surface area (Å²) in [5, 5.41) is 5.44. The second-order valence-electron chi connectivity index (χ2n) is 6.06. The Morgan fingerprint density at radius 3 is 2.80 bits per heavy atom. The summed E-state index contributed by atoms with van der Waals surface area (Å²) in [5.74, 6) is 0.164. The van der Waals surface area contributed by atoms with Crippen molar-refractivity contribution in [1.82, 2.24) is 0 Å². The van der Waals surface area contributed by atoms with Crippen LogP contribution in [0.5, 0.6) is 5.75 Å². The number of nitrogens with two attached hydrogens (primary N) is 1. The number of carbonyl (C=O) groups excluding carboxylic acids is 2. The molecule has 0 unspecified atom stereocenters. The number of nitrogens with one attached hydrogen (secondary N) is 2. The molecule has 1 aromatic rings. The number of carbonyl (C=O) groups is 2. The van der Waals surface area contributed by atoms with E-state index in [-0.39, 0.29) is 23.8 Å². The van der Waals surface area contributed by atoms with Crippen molar-refractivity contribution in [3.8, 4) is 5.75 Å². The fraction of sp³-hybridized carbons (Fsp3) is 0.429. The Kier molecular flexibility index (Phi) is 3.57. The van der Waals surface area contributed by atoms with Crippen LogP contribution in [0.25, 0.3) is 0 Å². The lowest BCUT2D eigenvalue weighted by molar-refractivity contribution is -0.119. The highest BCUT2D eigenvalue weighted by molar-refractivity contribution is 6.00. The molecule has 2 amide bonds. The number of hydrogen-bond donors (Lipinski definition) is 3. The summed E-state index contributed by atoms with van der Waals surface area (Å²) in [5.41, 5.74) is 7.17. The highest BCUT2D eigenvalue weighted by Gasteiger charge is 2.20. The molecule has 1 heterocycles. The number of benzene rings is 1. The zero-order valence-electron chi connectivity index (χ0n) is 11.9. The zero-order chi connectivity index (χ0) is 14.9. The monoisotopic (exact) mass is 277 g/mol. The Balaban J connectivity index is 2.18. The molecule has 1 aliphatic heterocycles. The summed E-state index contributed by atoms with van der Waals surface area (Å²) in [6.45, 7) is 5.92. The van der Waals surface area contributed by atoms with Gasteiger partial charge in [0.15, 0.2) is 6.61 Å². The maximum Gasteiger partial charge on any atom is 0.262 e. The largest absolute Gasteiger partial charge is 0.482 e. The molecule has 0 saturated carbocycles. The van der Waals surface area contributed by atoms with Gasteiger partial charge in [-0.3, -0.25) is 9.59 Å². The molecule has 0 fully saturated rings. The summed E-state index contributed by atoms with van der Waals surface area (Å²) >= 11 is 0. The van der Waals surface area contributed by atoms with Gasteiger partial charge in [-0.25, -0.2) is 0 Å². The fourth-order valence-corrected chi connectivity index (χ4v) is 1.93. The minimum absolute atomic E-state index is 0.0256. The summed E-state index contributed by atoms with van der Waals surface area (Å²) < 4.78 is 5.25. The molecule has 1 aromatic carbocycles. The fourth-order valence-electron chi connectivity index (χ4n) is 1.93. The van der Waals surface area contributed by atoms with E-state index in [0.717, 1.165) is 0 Å². The highest BCUT2D eigenvalue weighted by atomic mass is 16.5. The standard InChI is InChI=1S/C14H19N3O3/c1-14(2,3)6-12(18)16-9-5-10-11(4-8(9)15)20-7-13(19)17-10/h4-5H,6-7,15H2,1-3H3,(H,16,18)(H,17,19). The molecule has 0 atom stereocenters. The first kappa shape index (κ1) is 14.2. The van der Waals surface area contributed by atoms with Crippen molar-refractivity contribution in [2.24, 2.45) is 5.41 Å². The molecule has 20 heavy (non-hydrogen) atoms. The number of fused-ring (bicyclic) bond motifs is 1. The number of amides is 2. The molecule has 0 radical (unpaired) electrons. The zero-order valence-corrected chi connectivity index (χ0v) is 11.9. The Hall–Kier alpha value is -2.24. The van der Waals surface area contributed by atoms with Gasteiger partial charge >= 0.3 is 0 Å². The van der Waals surface area contributed by atoms with Gasteiger partial charge in [-0.1, -0.05) is 20.8 Å². The number of hydrogen-bond acceptors (Lipinski definition) is 4. The van der Waals surface area contributed by atoms with Gasteiger partial charge in [-0.15, -0.1) is 0 Å². The van der Waals surface area contributed by atoms with Crippen molar-refractivity contribution in [2.75, 3.05) is 23.0 Å². The lowest BCUT2D eigenvalue weighted by atomic mass is 9.92. The molecule has 108 valence electrons. The second-order valence-corrected chi connectivity index (χ2v) is 6.06. The minimum atomic E-state index is -0.228. The van der Waals surface area contributed by atoms with E-state index in [1.165, 1.54) is 0 Å². The van der Waals surface area contributed by atoms with Gasteiger partial charge in [0.25, 0.3) is 5.91 Å². The predicted octanol–water partition coefficient (Wildman–Crippen LogP) is 1.97. The SMILES string of the molecule is CC(C)(C)CC(=O)Nc1cc2c(cc1N)OCC(=O)N2. The van der Waals surface area contributed by atoms with Crippen molar-refractivity contribution in [2.45, 2.75) is 27.2 Å². The molecule has 0 saturated heterocycles. The van der Waals surface area contributed by atoms with Crippen molar-refractivity contribution in [3.05, 3.63) is 12.1 Å². The molecule has 0 bridgehead atoms. The number of ether oxygens (including phenoxy) is 1. The summed E-state index contributed by atoms with van der Waals surface area (Å²) in [6.07, 6.45) is 0.381. The average Bonchev–Trinajstić information content (AvgIpc) is 2.28. The van der Waals surface area contributed by atoms with Crippen molar-refractivity contribution < 1.29 is 14.3 Å². The molecule has 1 aliphatic rings. The van der Waals surface area contributed by atoms with Gasteiger partial charge in [0.2, 0.25) is 5.91 Å². The van der Waals surface area contributed by atoms with Crippen LogP contribution >= 0.6 is 0 Å². The molecule has 0 aromatic heterocycles. The second kappa shape index (κ2) is 5.03. The van der Waals surface area contributed by atoms with Crippen LogP contribution in [0, 0.1) is 5.41 Å². The Bertz CT molecular complexity index is 562. The first-order valence-corrected chi connectivity index (χ1v) is 6.41. The van der Waals surface area contributed by atoms with Crippen molar-refractivity contribution in [3.63, 3.8) is 0 Å². The third-order valence-electron chi connectivity index (χ3n) is 2.75. The number of rotatable bonds is 2. The average molecular weight is 277 g/mol. The molecule has 6 heteroatoms. The van der Waals surface area contributed by atoms with E-state index in [0.29, 0.717) is 29.2 Å². The Morgan fingerprint density at radius 2 is 2.15 bits per heavy atom. The van der Waals surface area contributed by atoms with Crippen molar-refractivity contribution >= 4 is 28.9 Å². The van der Waals surface area contributed by atoms with Gasteiger partial charge < -0.3 is 21.1 Å². The lowest BCUT2D eigenvalue weighted by Gasteiger charge is -2.21. The summed E-state index contributed by atoms with van der Waals surface area (Å²) in [6, 6.07) is 3.21. The number of nitrogen functional groups attached to an aromatic ring is 1. The molecule has 0 spiro atoms. The summed E-state index contributed by atoms with van der Waals surface area (Å²) in [4.78, 5) is 23.2. The van der Waals surface area contributed by atoms with Crippen molar-refractivity contribution in [1.29, 1.82) is 0 Å². The first-order chi connectivity index (χ1) is 9.24. The predicted molar refractivity (Wildman–Crippen MR) is 77.7 cm³/mol. The van der Waals surface area contributed by atoms with Gasteiger partial charge in [0, 0.05) is 12.5 Å². The molecule has 6 nitrogen and oxygen atoms in total. The van der Waals surface area contributed by atoms with E-state index in [4.69, 9.17) is 10.5 Å². The van der Waals surface area contributed by atoms with Crippen LogP contribution in [0.15, 0.2) is 12.1 Å². The molecular weight excluding hydrogens is 258 g/mol. The van der Waals surface area contributed by atoms with Crippen LogP contribution in [-0.2, 0) is 9.59 Å². The third kappa shape index (κ3) is 3.40. The first-order valence-electron chi connectivity index (χ1n) is 6.41. The van der Waals surface area contributed by atoms with Gasteiger partial charge in [-0.2, -0.15) is 0 Å². The maximum atomic E-state index is 11.9. The van der Waals surface area contributed by atoms with E-state index < -0.39 is 0 Å². The van der Waals surface area contributed by atoms with Crippen LogP contribution in [0.3, 0.4) is 0 Å². The molecule has 4 N–H and O–H groups in total. The number of anilines is 3. The van der Waals surface area contributed by atoms with Gasteiger partial charge in [0.05, 0.1) is 17.1 Å². The topological polar surface area (TPSA) is 93.5 Å². The van der Waals surface area contributed by atoms with E-state index in [1.807, 2.05) is 20.8 Å². The van der Waals surface area contributed by atoms with E-state index in [9.17, 15) is 9.59 Å². The highest BCUT2D eigenvalue weighted by Crippen LogP contribution is 2.35. The van der Waals surface area contributed by atoms with Gasteiger partial charge in [-0.05, 0) is 11.5 Å². The summed E-state index contributed by atoms with van der Waals surface area (Å²) in [7, 11) is 0. The van der Waals surface area contributed by atoms with E-state index in [2.05, 4.69) is 10.6 Å². The normalized spacial score (nSPS) is 14.1. The van der Waals surface area contributed by atoms with E-state index >= 15 is 0 Å². The van der Waals surface area contributed by atoms with E-state index in [1.54, 1.807) is 12.1 Å². The molecule has 0 aliphatic carbocycles. The lowest BCUT2D eigenvalue weighted by Crippen LogP contribution is -2.26. The maximum absolute atomic E-state index is 11.9. The minimum Gasteiger partial charge on any atom is -0.482 e. The van der Waals surface area contributed by atoms with Crippen LogP contribution in [0.1, 0.15) is 27.2 Å². The Labute approximate surface area is 117 Å². The Morgan fingerprint density at radius 1 is 1.45 bits per heavy atom. The quantitative estimate of drug-likeness (QED) is 0.720. The molecular formula is C14H19N3O3. The smallest absolute Gasteiger partial charge is 0.262 e. The molecule has 2 rings (SSSR count). The van der Waals surface area contributed by atoms with Gasteiger partial charge in [0.1, 0.15) is 5.75 Å². The van der Waals surface area contributed by atoms with Crippen LogP contribution in [-0.4, -0.2) is 18.4 Å².